The molecule has 0 saturated carbocycles. The Morgan fingerprint density at radius 3 is 2.31 bits per heavy atom. The van der Waals surface area contributed by atoms with Crippen LogP contribution in [0.25, 0.3) is 0 Å². The average Bonchev–Trinajstić information content (AvgIpc) is 3.10. The van der Waals surface area contributed by atoms with E-state index in [0.717, 1.165) is 37.4 Å². The lowest BCUT2D eigenvalue weighted by Crippen LogP contribution is -2.40. The minimum Gasteiger partial charge on any atom is -0.493 e. The van der Waals surface area contributed by atoms with Crippen molar-refractivity contribution in [2.24, 2.45) is 0 Å². The van der Waals surface area contributed by atoms with Gasteiger partial charge in [0, 0.05) is 23.5 Å². The second kappa shape index (κ2) is 8.61. The fourth-order valence-corrected chi connectivity index (χ4v) is 4.28. The topological polar surface area (TPSA) is 21.7 Å². The number of benzene rings is 2. The van der Waals surface area contributed by atoms with Gasteiger partial charge in [0.05, 0.1) is 7.11 Å². The zero-order valence-electron chi connectivity index (χ0n) is 19.0. The van der Waals surface area contributed by atoms with Gasteiger partial charge in [0.2, 0.25) is 0 Å². The number of hydrogen-bond acceptors (Lipinski definition) is 4. The molecule has 4 heteroatoms. The summed E-state index contributed by atoms with van der Waals surface area (Å²) in [5.74, 6) is 1.62. The molecule has 2 aromatic rings. The zero-order valence-corrected chi connectivity index (χ0v) is 19.8. The third-order valence-electron chi connectivity index (χ3n) is 5.66. The summed E-state index contributed by atoms with van der Waals surface area (Å²) in [6, 6.07) is 13.2. The smallest absolute Gasteiger partial charge is 0.161 e. The van der Waals surface area contributed by atoms with Gasteiger partial charge < -0.3 is 9.47 Å². The van der Waals surface area contributed by atoms with Gasteiger partial charge in [0.15, 0.2) is 11.5 Å². The van der Waals surface area contributed by atoms with Gasteiger partial charge in [-0.1, -0.05) is 12.1 Å². The number of thioether (sulfide) groups is 1. The molecule has 1 heterocycles. The highest BCUT2D eigenvalue weighted by atomic mass is 32.2. The first kappa shape index (κ1) is 22.0. The van der Waals surface area contributed by atoms with Crippen LogP contribution in [0.2, 0.25) is 0 Å². The maximum atomic E-state index is 6.03. The molecule has 2 aromatic carbocycles. The van der Waals surface area contributed by atoms with Crippen LogP contribution in [-0.2, 0) is 19.5 Å². The quantitative estimate of drug-likeness (QED) is 0.495. The van der Waals surface area contributed by atoms with E-state index in [-0.39, 0.29) is 11.1 Å². The van der Waals surface area contributed by atoms with E-state index in [0.29, 0.717) is 0 Å². The van der Waals surface area contributed by atoms with Crippen LogP contribution < -0.4 is 9.47 Å². The lowest BCUT2D eigenvalue weighted by Gasteiger charge is -2.35. The maximum absolute atomic E-state index is 6.03. The van der Waals surface area contributed by atoms with E-state index in [9.17, 15) is 0 Å². The Hall–Kier alpha value is -1.65. The van der Waals surface area contributed by atoms with Crippen molar-refractivity contribution in [2.75, 3.05) is 13.4 Å². The summed E-state index contributed by atoms with van der Waals surface area (Å²) in [6.07, 6.45) is 4.26. The SMILES string of the molecule is COc1cc(CCC(C)(C)N2Cc3ccc(SC)cc3C2)ccc1OC(C)(C)C. The Labute approximate surface area is 180 Å². The maximum Gasteiger partial charge on any atom is 0.161 e. The normalized spacial score (nSPS) is 14.7. The Balaban J connectivity index is 1.66. The minimum absolute atomic E-state index is 0.131. The fourth-order valence-electron chi connectivity index (χ4n) is 3.82. The van der Waals surface area contributed by atoms with Crippen LogP contribution in [0.15, 0.2) is 41.3 Å². The molecule has 0 aromatic heterocycles. The van der Waals surface area contributed by atoms with E-state index < -0.39 is 0 Å². The highest BCUT2D eigenvalue weighted by Gasteiger charge is 2.31. The molecule has 0 aliphatic carbocycles. The van der Waals surface area contributed by atoms with Crippen molar-refractivity contribution in [2.45, 2.75) is 76.6 Å². The molecule has 0 fully saturated rings. The first-order chi connectivity index (χ1) is 13.6. The van der Waals surface area contributed by atoms with E-state index in [1.165, 1.54) is 21.6 Å². The monoisotopic (exact) mass is 413 g/mol. The first-order valence-corrected chi connectivity index (χ1v) is 11.6. The van der Waals surface area contributed by atoms with Crippen molar-refractivity contribution in [3.05, 3.63) is 53.1 Å². The number of ether oxygens (including phenoxy) is 2. The van der Waals surface area contributed by atoms with Crippen LogP contribution in [0, 0.1) is 0 Å². The number of hydrogen-bond donors (Lipinski definition) is 0. The number of rotatable bonds is 7. The van der Waals surface area contributed by atoms with Gasteiger partial charge >= 0.3 is 0 Å². The predicted molar refractivity (Wildman–Crippen MR) is 123 cm³/mol. The summed E-state index contributed by atoms with van der Waals surface area (Å²) in [5.41, 5.74) is 4.14. The number of methoxy groups -OCH3 is 1. The molecular formula is C25H35NO2S. The molecule has 3 rings (SSSR count). The highest BCUT2D eigenvalue weighted by Crippen LogP contribution is 2.35. The van der Waals surface area contributed by atoms with Crippen LogP contribution in [0.1, 0.15) is 57.7 Å². The largest absolute Gasteiger partial charge is 0.493 e. The molecule has 0 spiro atoms. The van der Waals surface area contributed by atoms with E-state index in [1.54, 1.807) is 7.11 Å². The molecule has 29 heavy (non-hydrogen) atoms. The molecule has 0 atom stereocenters. The van der Waals surface area contributed by atoms with E-state index in [4.69, 9.17) is 9.47 Å². The highest BCUT2D eigenvalue weighted by molar-refractivity contribution is 7.98. The zero-order chi connectivity index (χ0) is 21.2. The first-order valence-electron chi connectivity index (χ1n) is 10.4. The van der Waals surface area contributed by atoms with Crippen molar-refractivity contribution < 1.29 is 9.47 Å². The molecule has 0 amide bonds. The second-order valence-corrected chi connectivity index (χ2v) is 10.4. The molecule has 0 unspecified atom stereocenters. The molecule has 1 aliphatic heterocycles. The third-order valence-corrected chi connectivity index (χ3v) is 6.39. The molecular weight excluding hydrogens is 378 g/mol. The molecule has 1 aliphatic rings. The van der Waals surface area contributed by atoms with Gasteiger partial charge in [0.1, 0.15) is 5.60 Å². The van der Waals surface area contributed by atoms with E-state index in [1.807, 2.05) is 17.8 Å². The predicted octanol–water partition coefficient (Wildman–Crippen LogP) is 6.32. The third kappa shape index (κ3) is 5.49. The lowest BCUT2D eigenvalue weighted by molar-refractivity contribution is 0.109. The Morgan fingerprint density at radius 1 is 0.931 bits per heavy atom. The Morgan fingerprint density at radius 2 is 1.66 bits per heavy atom. The van der Waals surface area contributed by atoms with Gasteiger partial charge in [-0.3, -0.25) is 4.90 Å². The van der Waals surface area contributed by atoms with Crippen LogP contribution in [0.5, 0.6) is 11.5 Å². The van der Waals surface area contributed by atoms with E-state index in [2.05, 4.69) is 76.1 Å². The van der Waals surface area contributed by atoms with Gasteiger partial charge in [-0.05, 0) is 94.7 Å². The number of aryl methyl sites for hydroxylation is 1. The van der Waals surface area contributed by atoms with Gasteiger partial charge in [0.25, 0.3) is 0 Å². The molecule has 3 nitrogen and oxygen atoms in total. The average molecular weight is 414 g/mol. The number of fused-ring (bicyclic) bond motifs is 1. The summed E-state index contributed by atoms with van der Waals surface area (Å²) in [5, 5.41) is 0. The molecule has 0 bridgehead atoms. The van der Waals surface area contributed by atoms with Crippen molar-refractivity contribution >= 4 is 11.8 Å². The van der Waals surface area contributed by atoms with Crippen molar-refractivity contribution in [3.8, 4) is 11.5 Å². The molecule has 0 N–H and O–H groups in total. The van der Waals surface area contributed by atoms with Gasteiger partial charge in [-0.2, -0.15) is 0 Å². The van der Waals surface area contributed by atoms with Crippen LogP contribution in [-0.4, -0.2) is 29.4 Å². The fraction of sp³-hybridized carbons (Fsp3) is 0.520. The summed E-state index contributed by atoms with van der Waals surface area (Å²) in [7, 11) is 1.71. The van der Waals surface area contributed by atoms with Crippen molar-refractivity contribution in [1.82, 2.24) is 4.90 Å². The summed E-state index contributed by atoms with van der Waals surface area (Å²) in [6.45, 7) is 13.0. The summed E-state index contributed by atoms with van der Waals surface area (Å²) >= 11 is 1.82. The second-order valence-electron chi connectivity index (χ2n) is 9.50. The van der Waals surface area contributed by atoms with Gasteiger partial charge in [-0.15, -0.1) is 11.8 Å². The van der Waals surface area contributed by atoms with Crippen LogP contribution >= 0.6 is 11.8 Å². The van der Waals surface area contributed by atoms with Crippen molar-refractivity contribution in [3.63, 3.8) is 0 Å². The summed E-state index contributed by atoms with van der Waals surface area (Å²) in [4.78, 5) is 3.96. The number of nitrogens with zero attached hydrogens (tertiary/aromatic N) is 1. The molecule has 0 saturated heterocycles. The van der Waals surface area contributed by atoms with Gasteiger partial charge in [-0.25, -0.2) is 0 Å². The summed E-state index contributed by atoms with van der Waals surface area (Å²) < 4.78 is 11.6. The minimum atomic E-state index is -0.238. The Kier molecular flexibility index (Phi) is 6.54. The molecule has 158 valence electrons. The Bertz CT molecular complexity index is 854. The lowest BCUT2D eigenvalue weighted by atomic mass is 9.93. The van der Waals surface area contributed by atoms with E-state index >= 15 is 0 Å². The van der Waals surface area contributed by atoms with Crippen molar-refractivity contribution in [1.29, 1.82) is 0 Å². The standard InChI is InChI=1S/C25H35NO2S/c1-24(2,3)28-22-11-8-18(14-23(22)27-6)12-13-25(4,5)26-16-19-9-10-21(29-7)15-20(19)17-26/h8-11,14-15H,12-13,16-17H2,1-7H3. The molecule has 0 radical (unpaired) electrons. The van der Waals surface area contributed by atoms with Crippen LogP contribution in [0.4, 0.5) is 0 Å². The van der Waals surface area contributed by atoms with Crippen LogP contribution in [0.3, 0.4) is 0 Å².